The predicted molar refractivity (Wildman–Crippen MR) is 54.7 cm³/mol. The van der Waals surface area contributed by atoms with E-state index in [1.54, 1.807) is 0 Å². The molecule has 2 unspecified atom stereocenters. The molecule has 3 rings (SSSR count). The average Bonchev–Trinajstić information content (AvgIpc) is 2.89. The molecule has 1 aromatic rings. The van der Waals surface area contributed by atoms with Gasteiger partial charge in [-0.3, -0.25) is 0 Å². The fraction of sp³-hybridized carbons (Fsp3) is 0.545. The lowest BCUT2D eigenvalue weighted by Gasteiger charge is -2.28. The van der Waals surface area contributed by atoms with E-state index in [1.165, 1.54) is 12.3 Å². The number of alkyl halides is 3. The van der Waals surface area contributed by atoms with E-state index in [0.717, 1.165) is 24.7 Å². The highest BCUT2D eigenvalue weighted by Gasteiger charge is 2.39. The first-order valence-electron chi connectivity index (χ1n) is 5.45. The van der Waals surface area contributed by atoms with E-state index in [4.69, 9.17) is 4.74 Å². The number of rotatable bonds is 1. The summed E-state index contributed by atoms with van der Waals surface area (Å²) in [6.45, 7) is 1.41. The molecule has 0 radical (unpaired) electrons. The molecule has 92 valence electrons. The van der Waals surface area contributed by atoms with E-state index in [0.29, 0.717) is 12.6 Å². The molecule has 0 saturated carbocycles. The highest BCUT2D eigenvalue weighted by molar-refractivity contribution is 5.48. The van der Waals surface area contributed by atoms with E-state index >= 15 is 0 Å². The minimum atomic E-state index is -4.37. The first-order valence-corrected chi connectivity index (χ1v) is 5.45. The summed E-state index contributed by atoms with van der Waals surface area (Å²) < 4.78 is 42.5. The lowest BCUT2D eigenvalue weighted by molar-refractivity contribution is -0.141. The zero-order valence-electron chi connectivity index (χ0n) is 8.94. The number of nitrogens with zero attached hydrogens (tertiary/aromatic N) is 2. The molecule has 0 spiro atoms. The van der Waals surface area contributed by atoms with Crippen LogP contribution in [0.3, 0.4) is 0 Å². The number of fused-ring (bicyclic) bond motifs is 2. The van der Waals surface area contributed by atoms with Gasteiger partial charge in [0.05, 0.1) is 30.6 Å². The first-order chi connectivity index (χ1) is 8.04. The van der Waals surface area contributed by atoms with Crippen LogP contribution in [0.2, 0.25) is 0 Å². The summed E-state index contributed by atoms with van der Waals surface area (Å²) in [7, 11) is 0. The van der Waals surface area contributed by atoms with Crippen molar-refractivity contribution in [1.82, 2.24) is 4.98 Å². The fourth-order valence-corrected chi connectivity index (χ4v) is 2.44. The lowest BCUT2D eigenvalue weighted by Crippen LogP contribution is -2.37. The summed E-state index contributed by atoms with van der Waals surface area (Å²) >= 11 is 0. The Kier molecular flexibility index (Phi) is 2.29. The number of anilines is 1. The third-order valence-corrected chi connectivity index (χ3v) is 3.27. The SMILES string of the molecule is FC(F)(F)c1ccc(N2CC3CC2CO3)cn1. The molecular formula is C11H11F3N2O. The standard InChI is InChI=1S/C11H11F3N2O/c12-11(13,14)10-2-1-7(4-15-10)16-5-9-3-8(16)6-17-9/h1-2,4,8-9H,3,5-6H2. The van der Waals surface area contributed by atoms with Gasteiger partial charge in [-0.25, -0.2) is 4.98 Å². The second kappa shape index (κ2) is 3.60. The minimum absolute atomic E-state index is 0.224. The monoisotopic (exact) mass is 244 g/mol. The molecule has 1 aromatic heterocycles. The predicted octanol–water partition coefficient (Wildman–Crippen LogP) is 2.08. The van der Waals surface area contributed by atoms with E-state index in [-0.39, 0.29) is 6.10 Å². The molecule has 3 nitrogen and oxygen atoms in total. The summed E-state index contributed by atoms with van der Waals surface area (Å²) in [5, 5.41) is 0. The van der Waals surface area contributed by atoms with Crippen LogP contribution in [0.25, 0.3) is 0 Å². The fourth-order valence-electron chi connectivity index (χ4n) is 2.44. The second-order valence-electron chi connectivity index (χ2n) is 4.40. The summed E-state index contributed by atoms with van der Waals surface area (Å²) in [6.07, 6.45) is -1.89. The molecule has 0 amide bonds. The van der Waals surface area contributed by atoms with Gasteiger partial charge < -0.3 is 9.64 Å². The maximum absolute atomic E-state index is 12.4. The quantitative estimate of drug-likeness (QED) is 0.756. The Labute approximate surface area is 96.2 Å². The zero-order chi connectivity index (χ0) is 12.0. The van der Waals surface area contributed by atoms with Crippen molar-refractivity contribution in [3.8, 4) is 0 Å². The Morgan fingerprint density at radius 1 is 1.35 bits per heavy atom. The van der Waals surface area contributed by atoms with Crippen molar-refractivity contribution in [3.05, 3.63) is 24.0 Å². The molecule has 2 atom stereocenters. The van der Waals surface area contributed by atoms with Gasteiger partial charge in [0, 0.05) is 6.54 Å². The largest absolute Gasteiger partial charge is 0.433 e. The smallest absolute Gasteiger partial charge is 0.374 e. The van der Waals surface area contributed by atoms with Crippen LogP contribution in [0.1, 0.15) is 12.1 Å². The molecule has 2 aliphatic heterocycles. The Bertz CT molecular complexity index is 418. The van der Waals surface area contributed by atoms with Crippen LogP contribution in [-0.4, -0.2) is 30.3 Å². The number of halogens is 3. The number of pyridine rings is 1. The molecule has 2 aliphatic rings. The summed E-state index contributed by atoms with van der Waals surface area (Å²) in [5.74, 6) is 0. The Hall–Kier alpha value is -1.30. The number of morpholine rings is 1. The summed E-state index contributed by atoms with van der Waals surface area (Å²) in [4.78, 5) is 5.54. The van der Waals surface area contributed by atoms with Crippen LogP contribution in [-0.2, 0) is 10.9 Å². The van der Waals surface area contributed by atoms with Gasteiger partial charge in [-0.1, -0.05) is 0 Å². The van der Waals surface area contributed by atoms with Crippen LogP contribution < -0.4 is 4.90 Å². The van der Waals surface area contributed by atoms with Gasteiger partial charge >= 0.3 is 6.18 Å². The molecule has 3 heterocycles. The van der Waals surface area contributed by atoms with E-state index in [1.807, 2.05) is 0 Å². The van der Waals surface area contributed by atoms with Crippen molar-refractivity contribution >= 4 is 5.69 Å². The maximum atomic E-state index is 12.4. The van der Waals surface area contributed by atoms with Crippen molar-refractivity contribution in [1.29, 1.82) is 0 Å². The number of hydrogen-bond donors (Lipinski definition) is 0. The average molecular weight is 244 g/mol. The van der Waals surface area contributed by atoms with Crippen LogP contribution in [0.4, 0.5) is 18.9 Å². The van der Waals surface area contributed by atoms with Crippen molar-refractivity contribution < 1.29 is 17.9 Å². The van der Waals surface area contributed by atoms with Gasteiger partial charge in [0.15, 0.2) is 0 Å². The highest BCUT2D eigenvalue weighted by Crippen LogP contribution is 2.33. The molecule has 0 aliphatic carbocycles. The van der Waals surface area contributed by atoms with Crippen molar-refractivity contribution in [3.63, 3.8) is 0 Å². The number of ether oxygens (including phenoxy) is 1. The van der Waals surface area contributed by atoms with E-state index in [2.05, 4.69) is 9.88 Å². The van der Waals surface area contributed by atoms with Crippen LogP contribution in [0.5, 0.6) is 0 Å². The van der Waals surface area contributed by atoms with E-state index in [9.17, 15) is 13.2 Å². The molecule has 6 heteroatoms. The van der Waals surface area contributed by atoms with Crippen molar-refractivity contribution in [2.45, 2.75) is 24.7 Å². The van der Waals surface area contributed by atoms with Gasteiger partial charge in [0.25, 0.3) is 0 Å². The molecule has 2 bridgehead atoms. The van der Waals surface area contributed by atoms with Gasteiger partial charge in [-0.05, 0) is 18.6 Å². The van der Waals surface area contributed by atoms with Crippen LogP contribution in [0.15, 0.2) is 18.3 Å². The van der Waals surface area contributed by atoms with Gasteiger partial charge in [-0.2, -0.15) is 13.2 Å². The van der Waals surface area contributed by atoms with Gasteiger partial charge in [0.2, 0.25) is 0 Å². The normalized spacial score (nSPS) is 27.8. The molecular weight excluding hydrogens is 233 g/mol. The number of hydrogen-bond acceptors (Lipinski definition) is 3. The second-order valence-corrected chi connectivity index (χ2v) is 4.40. The third-order valence-electron chi connectivity index (χ3n) is 3.27. The molecule has 0 N–H and O–H groups in total. The Morgan fingerprint density at radius 3 is 2.65 bits per heavy atom. The highest BCUT2D eigenvalue weighted by atomic mass is 19.4. The number of aromatic nitrogens is 1. The Morgan fingerprint density at radius 2 is 2.18 bits per heavy atom. The topological polar surface area (TPSA) is 25.4 Å². The zero-order valence-corrected chi connectivity index (χ0v) is 8.94. The van der Waals surface area contributed by atoms with Gasteiger partial charge in [-0.15, -0.1) is 0 Å². The van der Waals surface area contributed by atoms with Crippen molar-refractivity contribution in [2.75, 3.05) is 18.1 Å². The van der Waals surface area contributed by atoms with Gasteiger partial charge in [0.1, 0.15) is 5.69 Å². The van der Waals surface area contributed by atoms with Crippen molar-refractivity contribution in [2.24, 2.45) is 0 Å². The molecule has 2 saturated heterocycles. The maximum Gasteiger partial charge on any atom is 0.433 e. The molecule has 0 aromatic carbocycles. The van der Waals surface area contributed by atoms with E-state index < -0.39 is 11.9 Å². The van der Waals surface area contributed by atoms with Crippen LogP contribution >= 0.6 is 0 Å². The summed E-state index contributed by atoms with van der Waals surface area (Å²) in [5.41, 5.74) is -0.101. The summed E-state index contributed by atoms with van der Waals surface area (Å²) in [6, 6.07) is 2.80. The Balaban J connectivity index is 1.81. The third kappa shape index (κ3) is 1.86. The lowest BCUT2D eigenvalue weighted by atomic mass is 10.2. The first kappa shape index (κ1) is 10.8. The van der Waals surface area contributed by atoms with Crippen LogP contribution in [0, 0.1) is 0 Å². The molecule has 2 fully saturated rings. The minimum Gasteiger partial charge on any atom is -0.374 e. The molecule has 17 heavy (non-hydrogen) atoms.